The number of fused-ring (bicyclic) bond motifs is 1. The van der Waals surface area contributed by atoms with Crippen LogP contribution in [0, 0.1) is 5.82 Å². The summed E-state index contributed by atoms with van der Waals surface area (Å²) in [5.41, 5.74) is 1.62. The van der Waals surface area contributed by atoms with E-state index in [9.17, 15) is 9.18 Å². The number of rotatable bonds is 8. The van der Waals surface area contributed by atoms with E-state index in [-0.39, 0.29) is 24.1 Å². The number of ether oxygens (including phenoxy) is 2. The van der Waals surface area contributed by atoms with E-state index in [0.717, 1.165) is 11.0 Å². The summed E-state index contributed by atoms with van der Waals surface area (Å²) in [4.78, 5) is 20.5. The molecule has 0 atom stereocenters. The number of para-hydroxylation sites is 2. The van der Waals surface area contributed by atoms with Gasteiger partial charge in [0.1, 0.15) is 16.6 Å². The lowest BCUT2D eigenvalue weighted by Gasteiger charge is -2.07. The lowest BCUT2D eigenvalue weighted by atomic mass is 10.3. The molecule has 0 spiro atoms. The van der Waals surface area contributed by atoms with Gasteiger partial charge in [0.05, 0.1) is 36.2 Å². The molecule has 3 rings (SSSR count). The van der Waals surface area contributed by atoms with Crippen LogP contribution in [0.2, 0.25) is 0 Å². The van der Waals surface area contributed by atoms with Gasteiger partial charge in [-0.1, -0.05) is 23.9 Å². The van der Waals surface area contributed by atoms with Gasteiger partial charge in [-0.05, 0) is 36.4 Å². The summed E-state index contributed by atoms with van der Waals surface area (Å²) in [6, 6.07) is 13.4. The van der Waals surface area contributed by atoms with Crippen LogP contribution in [0.4, 0.5) is 4.39 Å². The molecule has 26 heavy (non-hydrogen) atoms. The Kier molecular flexibility index (Phi) is 6.38. The molecule has 3 aromatic rings. The van der Waals surface area contributed by atoms with Crippen molar-refractivity contribution in [2.75, 3.05) is 19.0 Å². The molecule has 5 nitrogen and oxygen atoms in total. The molecule has 0 amide bonds. The third-order valence-electron chi connectivity index (χ3n) is 3.40. The number of hydrogen-bond donors (Lipinski definition) is 0. The number of thioether (sulfide) groups is 1. The van der Waals surface area contributed by atoms with E-state index in [4.69, 9.17) is 9.47 Å². The van der Waals surface area contributed by atoms with E-state index < -0.39 is 0 Å². The van der Waals surface area contributed by atoms with Crippen molar-refractivity contribution in [3.63, 3.8) is 0 Å². The van der Waals surface area contributed by atoms with Crippen LogP contribution in [0.25, 0.3) is 11.0 Å². The molecule has 1 heterocycles. The van der Waals surface area contributed by atoms with E-state index in [2.05, 4.69) is 9.97 Å². The minimum absolute atomic E-state index is 0.172. The van der Waals surface area contributed by atoms with E-state index in [1.165, 1.54) is 23.9 Å². The van der Waals surface area contributed by atoms with Crippen molar-refractivity contribution in [3.8, 4) is 5.75 Å². The van der Waals surface area contributed by atoms with Crippen molar-refractivity contribution in [1.82, 2.24) is 9.97 Å². The van der Waals surface area contributed by atoms with Crippen LogP contribution in [0.1, 0.15) is 6.42 Å². The van der Waals surface area contributed by atoms with Crippen LogP contribution in [0.15, 0.2) is 59.8 Å². The highest BCUT2D eigenvalue weighted by Crippen LogP contribution is 2.18. The molecule has 2 aromatic carbocycles. The van der Waals surface area contributed by atoms with E-state index in [0.29, 0.717) is 23.8 Å². The van der Waals surface area contributed by atoms with Gasteiger partial charge < -0.3 is 9.47 Å². The van der Waals surface area contributed by atoms with E-state index in [1.807, 2.05) is 24.3 Å². The number of esters is 1. The molecule has 134 valence electrons. The van der Waals surface area contributed by atoms with Crippen molar-refractivity contribution >= 4 is 28.8 Å². The molecule has 0 bridgehead atoms. The first kappa shape index (κ1) is 18.1. The quantitative estimate of drug-likeness (QED) is 0.340. The lowest BCUT2D eigenvalue weighted by Crippen LogP contribution is -2.11. The predicted octanol–water partition coefficient (Wildman–Crippen LogP) is 3.87. The Morgan fingerprint density at radius 3 is 2.62 bits per heavy atom. The molecule has 0 aliphatic carbocycles. The standard InChI is InChI=1S/C19H17FN2O3S/c20-14-6-8-15(9-7-14)24-10-3-11-25-19(23)13-26-18-12-21-16-4-1-2-5-17(16)22-18/h1-2,4-9,12H,3,10-11,13H2. The fourth-order valence-corrected chi connectivity index (χ4v) is 2.79. The summed E-state index contributed by atoms with van der Waals surface area (Å²) < 4.78 is 23.4. The summed E-state index contributed by atoms with van der Waals surface area (Å²) in [5.74, 6) is 0.140. The van der Waals surface area contributed by atoms with Gasteiger partial charge in [-0.3, -0.25) is 9.78 Å². The van der Waals surface area contributed by atoms with Gasteiger partial charge >= 0.3 is 5.97 Å². The molecular weight excluding hydrogens is 355 g/mol. The van der Waals surface area contributed by atoms with E-state index in [1.54, 1.807) is 18.3 Å². The molecule has 1 aromatic heterocycles. The lowest BCUT2D eigenvalue weighted by molar-refractivity contribution is -0.140. The maximum absolute atomic E-state index is 12.8. The van der Waals surface area contributed by atoms with Gasteiger partial charge in [0, 0.05) is 6.42 Å². The second-order valence-corrected chi connectivity index (χ2v) is 6.36. The Balaban J connectivity index is 1.34. The minimum Gasteiger partial charge on any atom is -0.493 e. The average Bonchev–Trinajstić information content (AvgIpc) is 2.67. The first-order valence-corrected chi connectivity index (χ1v) is 9.08. The number of benzene rings is 2. The molecule has 0 unspecified atom stereocenters. The zero-order chi connectivity index (χ0) is 18.2. The smallest absolute Gasteiger partial charge is 0.316 e. The molecule has 0 fully saturated rings. The van der Waals surface area contributed by atoms with Crippen LogP contribution in [0.5, 0.6) is 5.75 Å². The summed E-state index contributed by atoms with van der Waals surface area (Å²) >= 11 is 1.29. The fraction of sp³-hybridized carbons (Fsp3) is 0.211. The highest BCUT2D eigenvalue weighted by molar-refractivity contribution is 7.99. The SMILES string of the molecule is O=C(CSc1cnc2ccccc2n1)OCCCOc1ccc(F)cc1. The van der Waals surface area contributed by atoms with Gasteiger partial charge in [-0.25, -0.2) is 9.37 Å². The molecule has 0 radical (unpaired) electrons. The summed E-state index contributed by atoms with van der Waals surface area (Å²) in [5, 5.41) is 0.681. The number of carbonyl (C=O) groups is 1. The number of carbonyl (C=O) groups excluding carboxylic acids is 1. The topological polar surface area (TPSA) is 61.3 Å². The largest absolute Gasteiger partial charge is 0.493 e. The number of halogens is 1. The van der Waals surface area contributed by atoms with Crippen LogP contribution in [-0.4, -0.2) is 34.9 Å². The van der Waals surface area contributed by atoms with Crippen LogP contribution in [0.3, 0.4) is 0 Å². The van der Waals surface area contributed by atoms with Gasteiger partial charge in [0.2, 0.25) is 0 Å². The highest BCUT2D eigenvalue weighted by atomic mass is 32.2. The van der Waals surface area contributed by atoms with Crippen molar-refractivity contribution in [1.29, 1.82) is 0 Å². The third kappa shape index (κ3) is 5.42. The van der Waals surface area contributed by atoms with Crippen molar-refractivity contribution in [3.05, 3.63) is 60.5 Å². The maximum Gasteiger partial charge on any atom is 0.316 e. The van der Waals surface area contributed by atoms with Gasteiger partial charge in [-0.2, -0.15) is 0 Å². The Hall–Kier alpha value is -2.67. The molecule has 0 saturated carbocycles. The second kappa shape index (κ2) is 9.15. The number of aromatic nitrogens is 2. The molecule has 0 aliphatic heterocycles. The predicted molar refractivity (Wildman–Crippen MR) is 97.7 cm³/mol. The zero-order valence-electron chi connectivity index (χ0n) is 13.9. The summed E-state index contributed by atoms with van der Waals surface area (Å²) in [6.45, 7) is 0.659. The van der Waals surface area contributed by atoms with Gasteiger partial charge in [-0.15, -0.1) is 0 Å². The highest BCUT2D eigenvalue weighted by Gasteiger charge is 2.06. The van der Waals surface area contributed by atoms with Crippen LogP contribution < -0.4 is 4.74 Å². The monoisotopic (exact) mass is 372 g/mol. The Labute approximate surface area is 154 Å². The Morgan fingerprint density at radius 2 is 1.81 bits per heavy atom. The van der Waals surface area contributed by atoms with Crippen molar-refractivity contribution in [2.45, 2.75) is 11.4 Å². The second-order valence-electron chi connectivity index (χ2n) is 5.36. The normalized spacial score (nSPS) is 10.7. The van der Waals surface area contributed by atoms with Gasteiger partial charge in [0.25, 0.3) is 0 Å². The van der Waals surface area contributed by atoms with Crippen LogP contribution >= 0.6 is 11.8 Å². The molecule has 0 saturated heterocycles. The number of hydrogen-bond acceptors (Lipinski definition) is 6. The van der Waals surface area contributed by atoms with E-state index >= 15 is 0 Å². The Morgan fingerprint density at radius 1 is 1.04 bits per heavy atom. The molecule has 0 aliphatic rings. The fourth-order valence-electron chi connectivity index (χ4n) is 2.15. The average molecular weight is 372 g/mol. The zero-order valence-corrected chi connectivity index (χ0v) is 14.7. The van der Waals surface area contributed by atoms with Crippen molar-refractivity contribution in [2.24, 2.45) is 0 Å². The first-order chi connectivity index (χ1) is 12.7. The summed E-state index contributed by atoms with van der Waals surface area (Å²) in [6.07, 6.45) is 2.21. The molecule has 7 heteroatoms. The maximum atomic E-state index is 12.8. The summed E-state index contributed by atoms with van der Waals surface area (Å²) in [7, 11) is 0. The molecule has 0 N–H and O–H groups in total. The minimum atomic E-state index is -0.313. The molecular formula is C19H17FN2O3S. The van der Waals surface area contributed by atoms with Crippen molar-refractivity contribution < 1.29 is 18.7 Å². The third-order valence-corrected chi connectivity index (χ3v) is 4.27. The Bertz CT molecular complexity index is 874. The number of nitrogens with zero attached hydrogens (tertiary/aromatic N) is 2. The first-order valence-electron chi connectivity index (χ1n) is 8.09. The van der Waals surface area contributed by atoms with Gasteiger partial charge in [0.15, 0.2) is 0 Å². The van der Waals surface area contributed by atoms with Crippen LogP contribution in [-0.2, 0) is 9.53 Å².